The van der Waals surface area contributed by atoms with Crippen molar-refractivity contribution in [3.8, 4) is 5.75 Å². The predicted molar refractivity (Wildman–Crippen MR) is 98.8 cm³/mol. The molecule has 0 unspecified atom stereocenters. The van der Waals surface area contributed by atoms with Crippen LogP contribution < -0.4 is 4.74 Å². The Kier molecular flexibility index (Phi) is 4.72. The van der Waals surface area contributed by atoms with Gasteiger partial charge in [0.2, 0.25) is 5.91 Å². The molecule has 0 spiro atoms. The van der Waals surface area contributed by atoms with E-state index in [1.165, 1.54) is 31.5 Å². The zero-order chi connectivity index (χ0) is 17.4. The first-order chi connectivity index (χ1) is 12.2. The highest BCUT2D eigenvalue weighted by atomic mass is 16.5. The molecule has 1 aromatic rings. The van der Waals surface area contributed by atoms with Crippen molar-refractivity contribution in [2.24, 2.45) is 5.92 Å². The molecule has 0 N–H and O–H groups in total. The number of fused-ring (bicyclic) bond motifs is 2. The molecule has 4 aliphatic rings. The molecule has 2 bridgehead atoms. The summed E-state index contributed by atoms with van der Waals surface area (Å²) in [5.41, 5.74) is 1.28. The monoisotopic (exact) mass is 342 g/mol. The van der Waals surface area contributed by atoms with E-state index in [4.69, 9.17) is 4.74 Å². The fourth-order valence-electron chi connectivity index (χ4n) is 5.42. The van der Waals surface area contributed by atoms with Crippen LogP contribution in [-0.4, -0.2) is 54.5 Å². The van der Waals surface area contributed by atoms with E-state index < -0.39 is 0 Å². The van der Waals surface area contributed by atoms with Gasteiger partial charge in [0.05, 0.1) is 13.2 Å². The minimum Gasteiger partial charge on any atom is -0.496 e. The second-order valence-corrected chi connectivity index (χ2v) is 7.85. The fourth-order valence-corrected chi connectivity index (χ4v) is 5.42. The number of benzene rings is 1. The first-order valence-corrected chi connectivity index (χ1v) is 9.91. The maximum Gasteiger partial charge on any atom is 0.222 e. The number of hydrogen-bond acceptors (Lipinski definition) is 3. The number of carbonyl (C=O) groups excluding carboxylic acids is 1. The van der Waals surface area contributed by atoms with Gasteiger partial charge in [-0.2, -0.15) is 0 Å². The van der Waals surface area contributed by atoms with Crippen molar-refractivity contribution in [1.29, 1.82) is 0 Å². The van der Waals surface area contributed by atoms with E-state index >= 15 is 0 Å². The molecule has 1 amide bonds. The summed E-state index contributed by atoms with van der Waals surface area (Å²) in [4.78, 5) is 17.8. The van der Waals surface area contributed by atoms with Crippen LogP contribution in [0.5, 0.6) is 5.75 Å². The Morgan fingerprint density at radius 2 is 1.96 bits per heavy atom. The largest absolute Gasteiger partial charge is 0.496 e. The van der Waals surface area contributed by atoms with Crippen LogP contribution in [0.1, 0.15) is 50.5 Å². The van der Waals surface area contributed by atoms with Crippen molar-refractivity contribution in [3.63, 3.8) is 0 Å². The van der Waals surface area contributed by atoms with E-state index in [9.17, 15) is 4.79 Å². The third-order valence-corrected chi connectivity index (χ3v) is 6.60. The predicted octanol–water partition coefficient (Wildman–Crippen LogP) is 3.27. The summed E-state index contributed by atoms with van der Waals surface area (Å²) >= 11 is 0. The molecular formula is C21H30N2O2. The Hall–Kier alpha value is -1.55. The van der Waals surface area contributed by atoms with Crippen molar-refractivity contribution < 1.29 is 9.53 Å². The zero-order valence-electron chi connectivity index (χ0n) is 15.5. The number of nitrogens with zero attached hydrogens (tertiary/aromatic N) is 2. The zero-order valence-corrected chi connectivity index (χ0v) is 15.5. The summed E-state index contributed by atoms with van der Waals surface area (Å²) in [7, 11) is 1.75. The normalized spacial score (nSPS) is 33.4. The molecule has 4 aliphatic heterocycles. The van der Waals surface area contributed by atoms with Crippen LogP contribution in [0.25, 0.3) is 0 Å². The Bertz CT molecular complexity index is 624. The van der Waals surface area contributed by atoms with Gasteiger partial charge in [-0.3, -0.25) is 9.69 Å². The van der Waals surface area contributed by atoms with Crippen LogP contribution in [0.3, 0.4) is 0 Å². The van der Waals surface area contributed by atoms with Crippen LogP contribution in [0.2, 0.25) is 0 Å². The van der Waals surface area contributed by atoms with E-state index in [1.54, 1.807) is 7.11 Å². The van der Waals surface area contributed by atoms with Crippen molar-refractivity contribution >= 4 is 5.91 Å². The fraction of sp³-hybridized carbons (Fsp3) is 0.667. The highest BCUT2D eigenvalue weighted by molar-refractivity contribution is 5.77. The molecule has 0 aliphatic carbocycles. The Morgan fingerprint density at radius 3 is 2.68 bits per heavy atom. The number of carbonyl (C=O) groups is 1. The lowest BCUT2D eigenvalue weighted by Gasteiger charge is -2.51. The second-order valence-electron chi connectivity index (χ2n) is 7.85. The Balaban J connectivity index is 1.67. The highest BCUT2D eigenvalue weighted by Crippen LogP contribution is 2.48. The number of rotatable bonds is 5. The molecule has 25 heavy (non-hydrogen) atoms. The lowest BCUT2D eigenvalue weighted by molar-refractivity contribution is -0.136. The molecule has 5 rings (SSSR count). The Morgan fingerprint density at radius 1 is 1.20 bits per heavy atom. The number of likely N-dealkylation sites (tertiary alicyclic amines) is 1. The van der Waals surface area contributed by atoms with Crippen LogP contribution in [-0.2, 0) is 4.79 Å². The van der Waals surface area contributed by atoms with Crippen molar-refractivity contribution in [2.75, 3.05) is 26.7 Å². The van der Waals surface area contributed by atoms with Gasteiger partial charge in [0, 0.05) is 30.5 Å². The van der Waals surface area contributed by atoms with Crippen LogP contribution in [0.15, 0.2) is 24.3 Å². The van der Waals surface area contributed by atoms with Gasteiger partial charge in [-0.25, -0.2) is 0 Å². The van der Waals surface area contributed by atoms with Crippen molar-refractivity contribution in [3.05, 3.63) is 29.8 Å². The molecule has 0 saturated carbocycles. The number of hydrogen-bond donors (Lipinski definition) is 0. The minimum atomic E-state index is 0.364. The van der Waals surface area contributed by atoms with Gasteiger partial charge < -0.3 is 9.64 Å². The summed E-state index contributed by atoms with van der Waals surface area (Å²) in [6.07, 6.45) is 5.28. The molecule has 4 heteroatoms. The summed E-state index contributed by atoms with van der Waals surface area (Å²) in [6, 6.07) is 9.26. The summed E-state index contributed by atoms with van der Waals surface area (Å²) in [5, 5.41) is 0. The maximum absolute atomic E-state index is 12.9. The van der Waals surface area contributed by atoms with Crippen molar-refractivity contribution in [1.82, 2.24) is 9.80 Å². The summed E-state index contributed by atoms with van der Waals surface area (Å²) in [5.74, 6) is 2.38. The number of amides is 1. The second kappa shape index (κ2) is 6.99. The van der Waals surface area contributed by atoms with Gasteiger partial charge >= 0.3 is 0 Å². The van der Waals surface area contributed by atoms with Gasteiger partial charge in [0.15, 0.2) is 0 Å². The molecule has 4 heterocycles. The maximum atomic E-state index is 12.9. The average Bonchev–Trinajstić information content (AvgIpc) is 3.09. The van der Waals surface area contributed by atoms with Gasteiger partial charge in [-0.15, -0.1) is 0 Å². The molecule has 0 radical (unpaired) electrons. The number of methoxy groups -OCH3 is 1. The molecule has 4 nitrogen and oxygen atoms in total. The van der Waals surface area contributed by atoms with E-state index in [0.29, 0.717) is 36.2 Å². The molecule has 1 aromatic carbocycles. The number of unbranched alkanes of at least 4 members (excludes halogenated alkanes) is 1. The third kappa shape index (κ3) is 2.84. The third-order valence-electron chi connectivity index (χ3n) is 6.60. The van der Waals surface area contributed by atoms with Gasteiger partial charge in [-0.05, 0) is 44.3 Å². The topological polar surface area (TPSA) is 32.8 Å². The van der Waals surface area contributed by atoms with Crippen molar-refractivity contribution in [2.45, 2.75) is 57.0 Å². The van der Waals surface area contributed by atoms with E-state index in [2.05, 4.69) is 34.9 Å². The standard InChI is InChI=1S/C21H30N2O2/c1-3-4-9-19(24)23-14-17(16-7-5-6-8-18(16)25-2)21-20(23)15-10-12-22(21)13-11-15/h5-8,15,17,20-21H,3-4,9-14H2,1-2H3/t17-,20+,21+/m1/s1. The SMILES string of the molecule is CCCCC(=O)N1C[C@H](c2ccccc2OC)[C@H]2[C@@H]1C1CCN2CC1. The summed E-state index contributed by atoms with van der Waals surface area (Å²) in [6.45, 7) is 5.39. The quantitative estimate of drug-likeness (QED) is 0.823. The Labute approximate surface area is 151 Å². The minimum absolute atomic E-state index is 0.364. The molecule has 136 valence electrons. The molecule has 4 fully saturated rings. The van der Waals surface area contributed by atoms with Crippen LogP contribution >= 0.6 is 0 Å². The van der Waals surface area contributed by atoms with Gasteiger partial charge in [0.25, 0.3) is 0 Å². The lowest BCUT2D eigenvalue weighted by Crippen LogP contribution is -2.60. The molecule has 0 aromatic heterocycles. The smallest absolute Gasteiger partial charge is 0.222 e. The average molecular weight is 342 g/mol. The summed E-state index contributed by atoms with van der Waals surface area (Å²) < 4.78 is 5.66. The number of ether oxygens (including phenoxy) is 1. The van der Waals surface area contributed by atoms with Gasteiger partial charge in [-0.1, -0.05) is 31.5 Å². The molecule has 4 saturated heterocycles. The van der Waals surface area contributed by atoms with Crippen LogP contribution in [0.4, 0.5) is 0 Å². The molecule has 3 atom stereocenters. The van der Waals surface area contributed by atoms with E-state index in [1.807, 2.05) is 6.07 Å². The van der Waals surface area contributed by atoms with Crippen LogP contribution in [0, 0.1) is 5.92 Å². The number of piperidine rings is 3. The van der Waals surface area contributed by atoms with E-state index in [0.717, 1.165) is 25.1 Å². The lowest BCUT2D eigenvalue weighted by atomic mass is 9.75. The first kappa shape index (κ1) is 16.9. The number of para-hydroxylation sites is 1. The van der Waals surface area contributed by atoms with E-state index in [-0.39, 0.29) is 0 Å². The molecular weight excluding hydrogens is 312 g/mol. The first-order valence-electron chi connectivity index (χ1n) is 9.91. The highest BCUT2D eigenvalue weighted by Gasteiger charge is 2.54. The van der Waals surface area contributed by atoms with Gasteiger partial charge in [0.1, 0.15) is 5.75 Å².